The standard InChI is InChI=1S/C10H13Br2N3O2S/c1-2-3-6(9(13)15-17)14-10(16)7-4-5(11)8(12)18-7/h4,6,17H,2-3H2,1H3,(H2,13,15)(H,14,16). The summed E-state index contributed by atoms with van der Waals surface area (Å²) in [4.78, 5) is 12.5. The van der Waals surface area contributed by atoms with Crippen molar-refractivity contribution in [1.82, 2.24) is 5.32 Å². The lowest BCUT2D eigenvalue weighted by Crippen LogP contribution is -2.44. The Labute approximate surface area is 126 Å². The SMILES string of the molecule is CCCC(NC(=O)c1cc(Br)c(Br)s1)C(N)=NO. The third kappa shape index (κ3) is 3.96. The first-order valence-corrected chi connectivity index (χ1v) is 7.63. The molecule has 8 heteroatoms. The maximum absolute atomic E-state index is 12.0. The predicted octanol–water partition coefficient (Wildman–Crippen LogP) is 2.92. The molecule has 0 saturated carbocycles. The van der Waals surface area contributed by atoms with Gasteiger partial charge in [0.05, 0.1) is 14.7 Å². The minimum Gasteiger partial charge on any atom is -0.409 e. The fraction of sp³-hybridized carbons (Fsp3) is 0.400. The van der Waals surface area contributed by atoms with E-state index in [2.05, 4.69) is 42.3 Å². The molecule has 0 saturated heterocycles. The maximum atomic E-state index is 12.0. The number of oxime groups is 1. The van der Waals surface area contributed by atoms with Crippen LogP contribution in [0.5, 0.6) is 0 Å². The Hall–Kier alpha value is -0.600. The lowest BCUT2D eigenvalue weighted by molar-refractivity contribution is 0.0949. The molecular weight excluding hydrogens is 386 g/mol. The van der Waals surface area contributed by atoms with Crippen LogP contribution in [0.3, 0.4) is 0 Å². The molecule has 1 aromatic heterocycles. The van der Waals surface area contributed by atoms with E-state index in [4.69, 9.17) is 10.9 Å². The van der Waals surface area contributed by atoms with E-state index in [9.17, 15) is 4.79 Å². The number of carbonyl (C=O) groups excluding carboxylic acids is 1. The molecule has 0 aliphatic heterocycles. The minimum absolute atomic E-state index is 0.0138. The molecule has 0 aromatic carbocycles. The summed E-state index contributed by atoms with van der Waals surface area (Å²) in [6, 6.07) is 1.27. The molecule has 5 nitrogen and oxygen atoms in total. The second kappa shape index (κ2) is 7.10. The highest BCUT2D eigenvalue weighted by atomic mass is 79.9. The minimum atomic E-state index is -0.452. The van der Waals surface area contributed by atoms with Crippen LogP contribution < -0.4 is 11.1 Å². The van der Waals surface area contributed by atoms with E-state index in [-0.39, 0.29) is 11.7 Å². The fourth-order valence-corrected chi connectivity index (χ4v) is 3.28. The van der Waals surface area contributed by atoms with Gasteiger partial charge < -0.3 is 16.3 Å². The van der Waals surface area contributed by atoms with Gasteiger partial charge in [0, 0.05) is 4.47 Å². The van der Waals surface area contributed by atoms with E-state index >= 15 is 0 Å². The molecule has 1 aromatic rings. The van der Waals surface area contributed by atoms with Gasteiger partial charge in [-0.25, -0.2) is 0 Å². The van der Waals surface area contributed by atoms with Crippen molar-refractivity contribution in [2.24, 2.45) is 10.9 Å². The third-order valence-electron chi connectivity index (χ3n) is 2.22. The van der Waals surface area contributed by atoms with Crippen LogP contribution in [0, 0.1) is 0 Å². The molecule has 0 bridgehead atoms. The average Bonchev–Trinajstić information content (AvgIpc) is 2.68. The van der Waals surface area contributed by atoms with Crippen LogP contribution >= 0.6 is 43.2 Å². The third-order valence-corrected chi connectivity index (χ3v) is 5.48. The van der Waals surface area contributed by atoms with E-state index in [1.54, 1.807) is 6.07 Å². The second-order valence-corrected chi connectivity index (χ2v) is 6.80. The Morgan fingerprint density at radius 2 is 2.33 bits per heavy atom. The average molecular weight is 399 g/mol. The molecule has 1 atom stereocenters. The zero-order valence-corrected chi connectivity index (χ0v) is 13.6. The molecule has 1 amide bonds. The van der Waals surface area contributed by atoms with Gasteiger partial charge in [-0.3, -0.25) is 4.79 Å². The number of hydrogen-bond acceptors (Lipinski definition) is 4. The Morgan fingerprint density at radius 3 is 2.78 bits per heavy atom. The van der Waals surface area contributed by atoms with Crippen LogP contribution in [0.2, 0.25) is 0 Å². The number of halogens is 2. The molecule has 4 N–H and O–H groups in total. The van der Waals surface area contributed by atoms with Crippen LogP contribution in [0.1, 0.15) is 29.4 Å². The van der Waals surface area contributed by atoms with Crippen molar-refractivity contribution in [1.29, 1.82) is 0 Å². The number of hydrogen-bond donors (Lipinski definition) is 3. The van der Waals surface area contributed by atoms with Gasteiger partial charge in [-0.2, -0.15) is 0 Å². The molecule has 0 fully saturated rings. The number of nitrogens with zero attached hydrogens (tertiary/aromatic N) is 1. The zero-order chi connectivity index (χ0) is 13.7. The quantitative estimate of drug-likeness (QED) is 0.308. The van der Waals surface area contributed by atoms with Crippen molar-refractivity contribution in [2.75, 3.05) is 0 Å². The summed E-state index contributed by atoms with van der Waals surface area (Å²) in [6.45, 7) is 1.96. The summed E-state index contributed by atoms with van der Waals surface area (Å²) in [5.41, 5.74) is 5.53. The normalized spacial score (nSPS) is 13.4. The van der Waals surface area contributed by atoms with Gasteiger partial charge >= 0.3 is 0 Å². The Bertz CT molecular complexity index is 442. The molecule has 18 heavy (non-hydrogen) atoms. The number of nitrogens with one attached hydrogen (secondary N) is 1. The van der Waals surface area contributed by atoms with Crippen molar-refractivity contribution in [3.05, 3.63) is 19.2 Å². The van der Waals surface area contributed by atoms with Gasteiger partial charge in [-0.05, 0) is 44.3 Å². The van der Waals surface area contributed by atoms with Crippen molar-refractivity contribution >= 4 is 54.9 Å². The Kier molecular flexibility index (Phi) is 6.10. The van der Waals surface area contributed by atoms with Gasteiger partial charge in [-0.1, -0.05) is 18.5 Å². The largest absolute Gasteiger partial charge is 0.409 e. The smallest absolute Gasteiger partial charge is 0.262 e. The van der Waals surface area contributed by atoms with Gasteiger partial charge in [0.25, 0.3) is 5.91 Å². The number of rotatable bonds is 5. The highest BCUT2D eigenvalue weighted by molar-refractivity contribution is 9.13. The summed E-state index contributed by atoms with van der Waals surface area (Å²) in [6.07, 6.45) is 1.44. The number of carbonyl (C=O) groups is 1. The van der Waals surface area contributed by atoms with E-state index < -0.39 is 6.04 Å². The van der Waals surface area contributed by atoms with E-state index in [0.717, 1.165) is 14.7 Å². The van der Waals surface area contributed by atoms with Gasteiger partial charge in [-0.15, -0.1) is 11.3 Å². The van der Waals surface area contributed by atoms with Crippen LogP contribution in [0.15, 0.2) is 19.5 Å². The summed E-state index contributed by atoms with van der Waals surface area (Å²) in [5.74, 6) is -0.226. The van der Waals surface area contributed by atoms with E-state index in [1.807, 2.05) is 6.92 Å². The first-order valence-electron chi connectivity index (χ1n) is 5.22. The molecule has 1 unspecified atom stereocenters. The first-order chi connectivity index (χ1) is 8.49. The molecule has 0 radical (unpaired) electrons. The molecule has 0 aliphatic rings. The number of amidine groups is 1. The second-order valence-electron chi connectivity index (χ2n) is 3.57. The predicted molar refractivity (Wildman–Crippen MR) is 79.3 cm³/mol. The topological polar surface area (TPSA) is 87.7 Å². The molecular formula is C10H13Br2N3O2S. The zero-order valence-electron chi connectivity index (χ0n) is 9.61. The number of nitrogens with two attached hydrogens (primary N) is 1. The monoisotopic (exact) mass is 397 g/mol. The Balaban J connectivity index is 2.78. The van der Waals surface area contributed by atoms with Crippen molar-refractivity contribution in [3.63, 3.8) is 0 Å². The van der Waals surface area contributed by atoms with Crippen molar-refractivity contribution in [2.45, 2.75) is 25.8 Å². The molecule has 0 aliphatic carbocycles. The fourth-order valence-electron chi connectivity index (χ4n) is 1.34. The molecule has 0 spiro atoms. The molecule has 1 heterocycles. The van der Waals surface area contributed by atoms with Crippen LogP contribution in [-0.4, -0.2) is 23.0 Å². The first kappa shape index (κ1) is 15.5. The lowest BCUT2D eigenvalue weighted by Gasteiger charge is -2.15. The van der Waals surface area contributed by atoms with Gasteiger partial charge in [0.15, 0.2) is 5.84 Å². The highest BCUT2D eigenvalue weighted by Gasteiger charge is 2.19. The lowest BCUT2D eigenvalue weighted by atomic mass is 10.1. The summed E-state index contributed by atoms with van der Waals surface area (Å²) < 4.78 is 1.68. The molecule has 100 valence electrons. The van der Waals surface area contributed by atoms with Gasteiger partial charge in [0.2, 0.25) is 0 Å². The van der Waals surface area contributed by atoms with E-state index in [1.165, 1.54) is 11.3 Å². The van der Waals surface area contributed by atoms with Crippen LogP contribution in [0.4, 0.5) is 0 Å². The maximum Gasteiger partial charge on any atom is 0.262 e. The van der Waals surface area contributed by atoms with Crippen molar-refractivity contribution < 1.29 is 10.0 Å². The summed E-state index contributed by atoms with van der Waals surface area (Å²) in [7, 11) is 0. The van der Waals surface area contributed by atoms with Crippen LogP contribution in [0.25, 0.3) is 0 Å². The van der Waals surface area contributed by atoms with Crippen LogP contribution in [-0.2, 0) is 0 Å². The number of thiophene rings is 1. The molecule has 1 rings (SSSR count). The summed E-state index contributed by atoms with van der Waals surface area (Å²) >= 11 is 7.96. The summed E-state index contributed by atoms with van der Waals surface area (Å²) in [5, 5.41) is 14.3. The highest BCUT2D eigenvalue weighted by Crippen LogP contribution is 2.32. The number of amides is 1. The van der Waals surface area contributed by atoms with E-state index in [0.29, 0.717) is 11.3 Å². The van der Waals surface area contributed by atoms with Crippen molar-refractivity contribution in [3.8, 4) is 0 Å². The van der Waals surface area contributed by atoms with Gasteiger partial charge in [0.1, 0.15) is 0 Å². The Morgan fingerprint density at radius 1 is 1.67 bits per heavy atom.